The van der Waals surface area contributed by atoms with E-state index in [0.29, 0.717) is 5.82 Å². The Bertz CT molecular complexity index is 926. The Hall–Kier alpha value is -2.76. The second kappa shape index (κ2) is 5.70. The van der Waals surface area contributed by atoms with Gasteiger partial charge in [0.1, 0.15) is 12.1 Å². The topological polar surface area (TPSA) is 72.7 Å². The first-order valence-corrected chi connectivity index (χ1v) is 8.25. The molecule has 1 aliphatic rings. The van der Waals surface area contributed by atoms with E-state index in [9.17, 15) is 4.79 Å². The molecule has 3 aromatic heterocycles. The zero-order valence-corrected chi connectivity index (χ0v) is 13.8. The van der Waals surface area contributed by atoms with Gasteiger partial charge in [-0.15, -0.1) is 0 Å². The van der Waals surface area contributed by atoms with Gasteiger partial charge < -0.3 is 9.88 Å². The van der Waals surface area contributed by atoms with E-state index in [-0.39, 0.29) is 11.8 Å². The number of rotatable bonds is 4. The number of nitrogens with one attached hydrogen (secondary N) is 1. The second-order valence-corrected chi connectivity index (χ2v) is 6.21. The molecule has 0 aromatic carbocycles. The standard InChI is InChI=1S/C18H19N5O/c1-3-23-15-8-17(22-18(24)12-4-5-12)19-9-13(15)7-16(23)14-6-11(2)20-10-21-14/h6-10,12H,3-5H2,1-2H3,(H,19,22,24). The maximum Gasteiger partial charge on any atom is 0.228 e. The third-order valence-corrected chi connectivity index (χ3v) is 4.37. The monoisotopic (exact) mass is 321 g/mol. The zero-order chi connectivity index (χ0) is 16.7. The summed E-state index contributed by atoms with van der Waals surface area (Å²) in [5.74, 6) is 0.848. The number of carbonyl (C=O) groups is 1. The summed E-state index contributed by atoms with van der Waals surface area (Å²) in [5, 5.41) is 3.95. The van der Waals surface area contributed by atoms with Crippen LogP contribution >= 0.6 is 0 Å². The average Bonchev–Trinajstić information content (AvgIpc) is 3.36. The highest BCUT2D eigenvalue weighted by atomic mass is 16.2. The number of carbonyl (C=O) groups excluding carboxylic acids is 1. The van der Waals surface area contributed by atoms with Crippen LogP contribution in [-0.2, 0) is 11.3 Å². The third-order valence-electron chi connectivity index (χ3n) is 4.37. The lowest BCUT2D eigenvalue weighted by Gasteiger charge is -2.09. The van der Waals surface area contributed by atoms with Crippen LogP contribution in [0.4, 0.5) is 5.82 Å². The van der Waals surface area contributed by atoms with Crippen molar-refractivity contribution in [1.82, 2.24) is 19.5 Å². The molecule has 0 radical (unpaired) electrons. The quantitative estimate of drug-likeness (QED) is 0.801. The van der Waals surface area contributed by atoms with Gasteiger partial charge in [-0.05, 0) is 38.8 Å². The first-order chi connectivity index (χ1) is 11.7. The minimum absolute atomic E-state index is 0.0723. The number of hydrogen-bond donors (Lipinski definition) is 1. The van der Waals surface area contributed by atoms with Crippen LogP contribution in [0.1, 0.15) is 25.5 Å². The Balaban J connectivity index is 1.77. The van der Waals surface area contributed by atoms with Crippen molar-refractivity contribution in [2.24, 2.45) is 5.92 Å². The third kappa shape index (κ3) is 2.64. The van der Waals surface area contributed by atoms with Crippen LogP contribution in [-0.4, -0.2) is 25.4 Å². The van der Waals surface area contributed by atoms with Crippen LogP contribution in [0.25, 0.3) is 22.3 Å². The fourth-order valence-corrected chi connectivity index (χ4v) is 2.94. The molecule has 6 nitrogen and oxygen atoms in total. The highest BCUT2D eigenvalue weighted by Crippen LogP contribution is 2.31. The van der Waals surface area contributed by atoms with Gasteiger partial charge >= 0.3 is 0 Å². The van der Waals surface area contributed by atoms with E-state index in [1.807, 2.05) is 25.3 Å². The van der Waals surface area contributed by atoms with Gasteiger partial charge in [0.25, 0.3) is 0 Å². The van der Waals surface area contributed by atoms with E-state index >= 15 is 0 Å². The molecule has 0 saturated heterocycles. The predicted octanol–water partition coefficient (Wildman–Crippen LogP) is 3.17. The van der Waals surface area contributed by atoms with E-state index < -0.39 is 0 Å². The largest absolute Gasteiger partial charge is 0.339 e. The first kappa shape index (κ1) is 14.8. The normalized spacial score (nSPS) is 14.1. The Kier molecular flexibility index (Phi) is 3.52. The molecule has 0 unspecified atom stereocenters. The van der Waals surface area contributed by atoms with Gasteiger partial charge in [-0.25, -0.2) is 15.0 Å². The lowest BCUT2D eigenvalue weighted by molar-refractivity contribution is -0.117. The van der Waals surface area contributed by atoms with Crippen LogP contribution in [0.3, 0.4) is 0 Å². The second-order valence-electron chi connectivity index (χ2n) is 6.21. The molecule has 0 atom stereocenters. The van der Waals surface area contributed by atoms with Gasteiger partial charge in [0, 0.05) is 35.8 Å². The molecule has 3 aromatic rings. The molecule has 0 bridgehead atoms. The Morgan fingerprint density at radius 3 is 2.79 bits per heavy atom. The molecule has 3 heterocycles. The molecule has 4 rings (SSSR count). The minimum atomic E-state index is 0.0723. The van der Waals surface area contributed by atoms with Crippen molar-refractivity contribution in [3.05, 3.63) is 36.4 Å². The van der Waals surface area contributed by atoms with Crippen molar-refractivity contribution in [3.8, 4) is 11.4 Å². The summed E-state index contributed by atoms with van der Waals surface area (Å²) in [5.41, 5.74) is 3.91. The number of hydrogen-bond acceptors (Lipinski definition) is 4. The molecule has 1 N–H and O–H groups in total. The fraction of sp³-hybridized carbons (Fsp3) is 0.333. The summed E-state index contributed by atoms with van der Waals surface area (Å²) in [6.07, 6.45) is 5.36. The minimum Gasteiger partial charge on any atom is -0.339 e. The molecule has 1 aliphatic carbocycles. The van der Waals surface area contributed by atoms with Crippen molar-refractivity contribution < 1.29 is 4.79 Å². The molecule has 1 saturated carbocycles. The molecule has 0 spiro atoms. The molecule has 1 amide bonds. The fourth-order valence-electron chi connectivity index (χ4n) is 2.94. The summed E-state index contributed by atoms with van der Waals surface area (Å²) < 4.78 is 2.19. The number of anilines is 1. The van der Waals surface area contributed by atoms with E-state index in [1.54, 1.807) is 6.33 Å². The average molecular weight is 321 g/mol. The Labute approximate surface area is 140 Å². The molecule has 0 aliphatic heterocycles. The van der Waals surface area contributed by atoms with E-state index in [2.05, 4.69) is 37.8 Å². The van der Waals surface area contributed by atoms with E-state index in [4.69, 9.17) is 0 Å². The molecule has 1 fully saturated rings. The van der Waals surface area contributed by atoms with Crippen LogP contribution in [0.5, 0.6) is 0 Å². The van der Waals surface area contributed by atoms with Gasteiger partial charge in [-0.3, -0.25) is 4.79 Å². The summed E-state index contributed by atoms with van der Waals surface area (Å²) >= 11 is 0. The van der Waals surface area contributed by atoms with E-state index in [0.717, 1.165) is 47.4 Å². The van der Waals surface area contributed by atoms with Crippen molar-refractivity contribution in [1.29, 1.82) is 0 Å². The van der Waals surface area contributed by atoms with Gasteiger partial charge in [0.05, 0.1) is 16.9 Å². The number of aromatic nitrogens is 4. The van der Waals surface area contributed by atoms with Crippen LogP contribution in [0.2, 0.25) is 0 Å². The lowest BCUT2D eigenvalue weighted by atomic mass is 10.2. The Morgan fingerprint density at radius 1 is 1.25 bits per heavy atom. The lowest BCUT2D eigenvalue weighted by Crippen LogP contribution is -2.14. The number of aryl methyl sites for hydroxylation is 2. The smallest absolute Gasteiger partial charge is 0.228 e. The highest BCUT2D eigenvalue weighted by Gasteiger charge is 2.29. The first-order valence-electron chi connectivity index (χ1n) is 8.25. The van der Waals surface area contributed by atoms with Crippen LogP contribution in [0, 0.1) is 12.8 Å². The molecule has 6 heteroatoms. The number of fused-ring (bicyclic) bond motifs is 1. The molecular weight excluding hydrogens is 302 g/mol. The van der Waals surface area contributed by atoms with Crippen molar-refractivity contribution in [2.75, 3.05) is 5.32 Å². The van der Waals surface area contributed by atoms with Crippen LogP contribution in [0.15, 0.2) is 30.7 Å². The van der Waals surface area contributed by atoms with Crippen molar-refractivity contribution >= 4 is 22.6 Å². The Morgan fingerprint density at radius 2 is 2.08 bits per heavy atom. The summed E-state index contributed by atoms with van der Waals surface area (Å²) in [4.78, 5) is 24.9. The predicted molar refractivity (Wildman–Crippen MR) is 92.5 cm³/mol. The zero-order valence-electron chi connectivity index (χ0n) is 13.8. The molecule has 122 valence electrons. The number of nitrogens with zero attached hydrogens (tertiary/aromatic N) is 4. The van der Waals surface area contributed by atoms with Gasteiger partial charge in [0.15, 0.2) is 0 Å². The van der Waals surface area contributed by atoms with Crippen molar-refractivity contribution in [3.63, 3.8) is 0 Å². The van der Waals surface area contributed by atoms with Gasteiger partial charge in [-0.1, -0.05) is 0 Å². The van der Waals surface area contributed by atoms with Crippen LogP contribution < -0.4 is 5.32 Å². The van der Waals surface area contributed by atoms with Gasteiger partial charge in [-0.2, -0.15) is 0 Å². The number of amides is 1. The van der Waals surface area contributed by atoms with Crippen molar-refractivity contribution in [2.45, 2.75) is 33.2 Å². The maximum absolute atomic E-state index is 12.0. The van der Waals surface area contributed by atoms with E-state index in [1.165, 1.54) is 0 Å². The SMILES string of the molecule is CCn1c(-c2cc(C)ncn2)cc2cnc(NC(=O)C3CC3)cc21. The van der Waals surface area contributed by atoms with Gasteiger partial charge in [0.2, 0.25) is 5.91 Å². The maximum atomic E-state index is 12.0. The summed E-state index contributed by atoms with van der Waals surface area (Å²) in [7, 11) is 0. The highest BCUT2D eigenvalue weighted by molar-refractivity contribution is 5.95. The molecular formula is C18H19N5O. The number of pyridine rings is 1. The summed E-state index contributed by atoms with van der Waals surface area (Å²) in [6.45, 7) is 4.86. The summed E-state index contributed by atoms with van der Waals surface area (Å²) in [6, 6.07) is 6.00. The molecule has 24 heavy (non-hydrogen) atoms.